The average molecular weight is 222 g/mol. The Hall–Kier alpha value is -0.860. The maximum atomic E-state index is 12.2. The molecule has 2 aliphatic rings. The summed E-state index contributed by atoms with van der Waals surface area (Å²) in [5.41, 5.74) is 4.32. The van der Waals surface area contributed by atoms with Crippen molar-refractivity contribution in [2.24, 2.45) is 21.8 Å². The van der Waals surface area contributed by atoms with Crippen LogP contribution in [-0.4, -0.2) is 17.5 Å². The van der Waals surface area contributed by atoms with Gasteiger partial charge < -0.3 is 5.43 Å². The highest BCUT2D eigenvalue weighted by molar-refractivity contribution is 6.09. The van der Waals surface area contributed by atoms with Gasteiger partial charge in [-0.05, 0) is 11.8 Å². The first kappa shape index (κ1) is 11.6. The van der Waals surface area contributed by atoms with Crippen molar-refractivity contribution in [1.29, 1.82) is 0 Å². The van der Waals surface area contributed by atoms with Crippen LogP contribution in [0.15, 0.2) is 5.10 Å². The Kier molecular flexibility index (Phi) is 2.41. The summed E-state index contributed by atoms with van der Waals surface area (Å²) >= 11 is 0. The van der Waals surface area contributed by atoms with Crippen LogP contribution in [0.5, 0.6) is 0 Å². The lowest BCUT2D eigenvalue weighted by molar-refractivity contribution is -0.126. The fourth-order valence-electron chi connectivity index (χ4n) is 2.91. The molecule has 0 aromatic heterocycles. The minimum Gasteiger partial charge on any atom is -0.306 e. The van der Waals surface area contributed by atoms with Gasteiger partial charge in [-0.3, -0.25) is 4.79 Å². The van der Waals surface area contributed by atoms with Gasteiger partial charge in [0, 0.05) is 11.8 Å². The largest absolute Gasteiger partial charge is 0.306 e. The summed E-state index contributed by atoms with van der Waals surface area (Å²) < 4.78 is 0. The quantitative estimate of drug-likeness (QED) is 0.683. The third-order valence-electron chi connectivity index (χ3n) is 3.59. The molecule has 1 aliphatic heterocycles. The topological polar surface area (TPSA) is 41.5 Å². The van der Waals surface area contributed by atoms with Crippen LogP contribution in [-0.2, 0) is 4.79 Å². The first-order valence-electron chi connectivity index (χ1n) is 6.07. The molecule has 2 atom stereocenters. The van der Waals surface area contributed by atoms with Crippen molar-refractivity contribution in [3.05, 3.63) is 0 Å². The highest BCUT2D eigenvalue weighted by Gasteiger charge is 2.48. The second-order valence-electron chi connectivity index (χ2n) is 6.97. The van der Waals surface area contributed by atoms with Crippen molar-refractivity contribution in [3.63, 3.8) is 0 Å². The maximum Gasteiger partial charge on any atom is 0.144 e. The average Bonchev–Trinajstić information content (AvgIpc) is 2.43. The molecule has 3 heteroatoms. The maximum absolute atomic E-state index is 12.2. The predicted molar refractivity (Wildman–Crippen MR) is 65.3 cm³/mol. The summed E-state index contributed by atoms with van der Waals surface area (Å²) in [6, 6.07) is 0.227. The Labute approximate surface area is 97.7 Å². The third kappa shape index (κ3) is 1.87. The van der Waals surface area contributed by atoms with Crippen LogP contribution in [0.4, 0.5) is 0 Å². The lowest BCUT2D eigenvalue weighted by Gasteiger charge is -2.37. The molecule has 1 heterocycles. The molecule has 16 heavy (non-hydrogen) atoms. The van der Waals surface area contributed by atoms with Crippen LogP contribution in [0.2, 0.25) is 0 Å². The first-order chi connectivity index (χ1) is 7.21. The van der Waals surface area contributed by atoms with E-state index < -0.39 is 0 Å². The lowest BCUT2D eigenvalue weighted by atomic mass is 9.66. The molecular formula is C13H22N2O. The zero-order valence-corrected chi connectivity index (χ0v) is 10.9. The van der Waals surface area contributed by atoms with Gasteiger partial charge in [0.25, 0.3) is 0 Å². The van der Waals surface area contributed by atoms with Gasteiger partial charge in [-0.25, -0.2) is 0 Å². The van der Waals surface area contributed by atoms with Crippen LogP contribution >= 0.6 is 0 Å². The Bertz CT molecular complexity index is 349. The van der Waals surface area contributed by atoms with Gasteiger partial charge in [0.05, 0.1) is 17.7 Å². The Morgan fingerprint density at radius 2 is 2.00 bits per heavy atom. The molecule has 2 rings (SSSR count). The second-order valence-corrected chi connectivity index (χ2v) is 6.97. The fourth-order valence-corrected chi connectivity index (χ4v) is 2.91. The minimum atomic E-state index is -0.0104. The Morgan fingerprint density at radius 1 is 1.38 bits per heavy atom. The van der Waals surface area contributed by atoms with Gasteiger partial charge in [0.2, 0.25) is 0 Å². The zero-order chi connectivity index (χ0) is 12.1. The number of carbonyl (C=O) groups is 1. The molecule has 0 unspecified atom stereocenters. The number of rotatable bonds is 0. The predicted octanol–water partition coefficient (Wildman–Crippen LogP) is 2.37. The van der Waals surface area contributed by atoms with Crippen molar-refractivity contribution in [1.82, 2.24) is 5.43 Å². The molecule has 0 spiro atoms. The molecule has 1 aliphatic carbocycles. The zero-order valence-electron chi connectivity index (χ0n) is 10.9. The number of Topliss-reactive ketones (excluding diaryl/α,β-unsaturated/α-hetero) is 1. The number of nitrogens with zero attached hydrogens (tertiary/aromatic N) is 1. The molecule has 0 aromatic carbocycles. The molecule has 1 N–H and O–H groups in total. The van der Waals surface area contributed by atoms with Gasteiger partial charge in [-0.1, -0.05) is 34.6 Å². The van der Waals surface area contributed by atoms with E-state index in [1.165, 1.54) is 0 Å². The number of carbonyl (C=O) groups excluding carboxylic acids is 1. The number of fused-ring (bicyclic) bond motifs is 1. The summed E-state index contributed by atoms with van der Waals surface area (Å²) in [6.45, 7) is 10.7. The van der Waals surface area contributed by atoms with Crippen molar-refractivity contribution >= 4 is 11.5 Å². The van der Waals surface area contributed by atoms with E-state index in [0.717, 1.165) is 12.1 Å². The number of hydrogen-bond acceptors (Lipinski definition) is 3. The molecule has 0 radical (unpaired) electrons. The molecule has 0 bridgehead atoms. The van der Waals surface area contributed by atoms with Crippen LogP contribution in [0, 0.1) is 16.7 Å². The number of ketones is 1. The summed E-state index contributed by atoms with van der Waals surface area (Å²) in [5.74, 6) is 0.382. The van der Waals surface area contributed by atoms with E-state index in [1.54, 1.807) is 0 Å². The molecule has 0 saturated heterocycles. The van der Waals surface area contributed by atoms with E-state index in [1.807, 2.05) is 0 Å². The molecule has 3 nitrogen and oxygen atoms in total. The molecule has 1 fully saturated rings. The van der Waals surface area contributed by atoms with Crippen molar-refractivity contribution in [2.45, 2.75) is 53.5 Å². The van der Waals surface area contributed by atoms with Crippen LogP contribution < -0.4 is 5.43 Å². The SMILES string of the molecule is CC1(C)CC(=O)[C@@H]2C(C(C)(C)C)=NN[C@H]2C1. The normalized spacial score (nSPS) is 33.1. The smallest absolute Gasteiger partial charge is 0.144 e. The fraction of sp³-hybridized carbons (Fsp3) is 0.846. The molecular weight excluding hydrogens is 200 g/mol. The highest BCUT2D eigenvalue weighted by atomic mass is 16.1. The molecule has 0 aromatic rings. The van der Waals surface area contributed by atoms with Gasteiger partial charge in [0.1, 0.15) is 5.78 Å². The first-order valence-corrected chi connectivity index (χ1v) is 6.07. The van der Waals surface area contributed by atoms with E-state index in [4.69, 9.17) is 0 Å². The van der Waals surface area contributed by atoms with Crippen molar-refractivity contribution < 1.29 is 4.79 Å². The molecule has 90 valence electrons. The lowest BCUT2D eigenvalue weighted by Crippen LogP contribution is -2.47. The van der Waals surface area contributed by atoms with Crippen molar-refractivity contribution in [2.75, 3.05) is 0 Å². The standard InChI is InChI=1S/C13H22N2O/c1-12(2,3)11-10-8(14-15-11)6-13(4,5)7-9(10)16/h8,10,14H,6-7H2,1-5H3/t8-,10+/m0/s1. The summed E-state index contributed by atoms with van der Waals surface area (Å²) in [5, 5.41) is 4.41. The van der Waals surface area contributed by atoms with E-state index in [-0.39, 0.29) is 22.8 Å². The Morgan fingerprint density at radius 3 is 2.56 bits per heavy atom. The van der Waals surface area contributed by atoms with Crippen LogP contribution in [0.1, 0.15) is 47.5 Å². The van der Waals surface area contributed by atoms with Gasteiger partial charge in [-0.15, -0.1) is 0 Å². The van der Waals surface area contributed by atoms with Crippen LogP contribution in [0.3, 0.4) is 0 Å². The number of hydrogen-bond donors (Lipinski definition) is 1. The molecule has 1 saturated carbocycles. The van der Waals surface area contributed by atoms with E-state index in [2.05, 4.69) is 45.1 Å². The summed E-state index contributed by atoms with van der Waals surface area (Å²) in [6.07, 6.45) is 1.72. The van der Waals surface area contributed by atoms with Gasteiger partial charge in [0.15, 0.2) is 0 Å². The van der Waals surface area contributed by atoms with Crippen LogP contribution in [0.25, 0.3) is 0 Å². The Balaban J connectivity index is 2.25. The molecule has 0 amide bonds. The third-order valence-corrected chi connectivity index (χ3v) is 3.59. The minimum absolute atomic E-state index is 0.0104. The summed E-state index contributed by atoms with van der Waals surface area (Å²) in [4.78, 5) is 12.2. The second kappa shape index (κ2) is 3.31. The highest BCUT2D eigenvalue weighted by Crippen LogP contribution is 2.41. The van der Waals surface area contributed by atoms with E-state index in [9.17, 15) is 4.79 Å². The van der Waals surface area contributed by atoms with Gasteiger partial charge in [-0.2, -0.15) is 5.10 Å². The number of nitrogens with one attached hydrogen (secondary N) is 1. The number of hydrazone groups is 1. The summed E-state index contributed by atoms with van der Waals surface area (Å²) in [7, 11) is 0. The van der Waals surface area contributed by atoms with E-state index in [0.29, 0.717) is 12.2 Å². The van der Waals surface area contributed by atoms with E-state index >= 15 is 0 Å². The van der Waals surface area contributed by atoms with Gasteiger partial charge >= 0.3 is 0 Å². The van der Waals surface area contributed by atoms with Crippen molar-refractivity contribution in [3.8, 4) is 0 Å². The monoisotopic (exact) mass is 222 g/mol.